The van der Waals surface area contributed by atoms with Gasteiger partial charge in [0.25, 0.3) is 5.56 Å². The fraction of sp³-hybridized carbons (Fsp3) is 0.286. The Bertz CT molecular complexity index is 698. The topological polar surface area (TPSA) is 75.0 Å². The molecular formula is C14H15ClN4O. The zero-order valence-corrected chi connectivity index (χ0v) is 11.7. The monoisotopic (exact) mass is 290 g/mol. The molecule has 1 aliphatic rings. The standard InChI is InChI=1S/C14H15ClN4O/c15-10-3-1-2-9(6-10)7-19-5-4-12-11(8-19)13(20)18-14(16)17-12/h1-3,6H,4-5,7-8H2,(H3,16,17,18,20). The lowest BCUT2D eigenvalue weighted by Gasteiger charge is -2.27. The Kier molecular flexibility index (Phi) is 3.46. The number of benzene rings is 1. The smallest absolute Gasteiger partial charge is 0.257 e. The van der Waals surface area contributed by atoms with E-state index in [1.807, 2.05) is 24.3 Å². The molecule has 3 rings (SSSR count). The number of nitrogen functional groups attached to an aromatic ring is 1. The zero-order chi connectivity index (χ0) is 14.1. The maximum Gasteiger partial charge on any atom is 0.257 e. The number of fused-ring (bicyclic) bond motifs is 1. The van der Waals surface area contributed by atoms with Gasteiger partial charge < -0.3 is 5.73 Å². The number of nitrogens with two attached hydrogens (primary N) is 1. The van der Waals surface area contributed by atoms with Crippen LogP contribution >= 0.6 is 11.6 Å². The molecule has 0 fully saturated rings. The Morgan fingerprint density at radius 1 is 1.45 bits per heavy atom. The van der Waals surface area contributed by atoms with Gasteiger partial charge in [-0.1, -0.05) is 23.7 Å². The van der Waals surface area contributed by atoms with Gasteiger partial charge in [0.15, 0.2) is 0 Å². The van der Waals surface area contributed by atoms with Crippen molar-refractivity contribution in [3.63, 3.8) is 0 Å². The molecule has 1 aliphatic heterocycles. The number of nitrogens with one attached hydrogen (secondary N) is 1. The van der Waals surface area contributed by atoms with Crippen molar-refractivity contribution >= 4 is 17.5 Å². The van der Waals surface area contributed by atoms with Crippen LogP contribution < -0.4 is 11.3 Å². The lowest BCUT2D eigenvalue weighted by molar-refractivity contribution is 0.242. The second kappa shape index (κ2) is 5.26. The highest BCUT2D eigenvalue weighted by Gasteiger charge is 2.20. The first-order valence-electron chi connectivity index (χ1n) is 6.46. The maximum atomic E-state index is 11.9. The van der Waals surface area contributed by atoms with Crippen LogP contribution in [-0.2, 0) is 19.5 Å². The highest BCUT2D eigenvalue weighted by atomic mass is 35.5. The first-order chi connectivity index (χ1) is 9.61. The summed E-state index contributed by atoms with van der Waals surface area (Å²) in [5, 5.41) is 0.729. The van der Waals surface area contributed by atoms with Crippen molar-refractivity contribution in [3.05, 3.63) is 56.5 Å². The Labute approximate surface area is 121 Å². The van der Waals surface area contributed by atoms with E-state index in [-0.39, 0.29) is 11.5 Å². The van der Waals surface area contributed by atoms with E-state index < -0.39 is 0 Å². The minimum atomic E-state index is -0.136. The molecule has 0 radical (unpaired) electrons. The van der Waals surface area contributed by atoms with E-state index >= 15 is 0 Å². The number of anilines is 1. The van der Waals surface area contributed by atoms with Gasteiger partial charge in [-0.2, -0.15) is 0 Å². The molecule has 6 heteroatoms. The lowest BCUT2D eigenvalue weighted by atomic mass is 10.1. The zero-order valence-electron chi connectivity index (χ0n) is 10.9. The van der Waals surface area contributed by atoms with Crippen LogP contribution in [0.1, 0.15) is 16.8 Å². The summed E-state index contributed by atoms with van der Waals surface area (Å²) in [4.78, 5) is 20.9. The minimum Gasteiger partial charge on any atom is -0.369 e. The molecule has 0 unspecified atom stereocenters. The van der Waals surface area contributed by atoms with Gasteiger partial charge in [0.05, 0.1) is 11.3 Å². The summed E-state index contributed by atoms with van der Waals surface area (Å²) >= 11 is 5.99. The van der Waals surface area contributed by atoms with Gasteiger partial charge in [-0.05, 0) is 17.7 Å². The summed E-state index contributed by atoms with van der Waals surface area (Å²) in [6.07, 6.45) is 0.740. The molecule has 2 aromatic rings. The predicted octanol–water partition coefficient (Wildman–Crippen LogP) is 1.56. The second-order valence-corrected chi connectivity index (χ2v) is 5.40. The lowest BCUT2D eigenvalue weighted by Crippen LogP contribution is -2.35. The molecule has 1 aromatic carbocycles. The number of nitrogens with zero attached hydrogens (tertiary/aromatic N) is 2. The van der Waals surface area contributed by atoms with Crippen LogP contribution in [0.4, 0.5) is 5.95 Å². The average Bonchev–Trinajstić information content (AvgIpc) is 2.39. The minimum absolute atomic E-state index is 0.136. The number of aromatic nitrogens is 2. The third-order valence-electron chi connectivity index (χ3n) is 3.46. The van der Waals surface area contributed by atoms with Crippen molar-refractivity contribution < 1.29 is 0 Å². The molecule has 0 saturated heterocycles. The molecule has 3 N–H and O–H groups in total. The van der Waals surface area contributed by atoms with Crippen molar-refractivity contribution in [2.75, 3.05) is 12.3 Å². The summed E-state index contributed by atoms with van der Waals surface area (Å²) in [6.45, 7) is 2.21. The van der Waals surface area contributed by atoms with Crippen molar-refractivity contribution in [1.29, 1.82) is 0 Å². The largest absolute Gasteiger partial charge is 0.369 e. The van der Waals surface area contributed by atoms with E-state index in [4.69, 9.17) is 17.3 Å². The van der Waals surface area contributed by atoms with E-state index in [1.165, 1.54) is 0 Å². The summed E-state index contributed by atoms with van der Waals surface area (Å²) in [7, 11) is 0. The van der Waals surface area contributed by atoms with Crippen LogP contribution in [0.5, 0.6) is 0 Å². The van der Waals surface area contributed by atoms with Crippen LogP contribution in [0.25, 0.3) is 0 Å². The summed E-state index contributed by atoms with van der Waals surface area (Å²) in [6, 6.07) is 7.77. The number of H-pyrrole nitrogens is 1. The third-order valence-corrected chi connectivity index (χ3v) is 3.70. The summed E-state index contributed by atoms with van der Waals surface area (Å²) < 4.78 is 0. The van der Waals surface area contributed by atoms with Gasteiger partial charge in [0.1, 0.15) is 0 Å². The van der Waals surface area contributed by atoms with Crippen molar-refractivity contribution in [1.82, 2.24) is 14.9 Å². The molecule has 0 amide bonds. The highest BCUT2D eigenvalue weighted by molar-refractivity contribution is 6.30. The van der Waals surface area contributed by atoms with Gasteiger partial charge in [0, 0.05) is 31.1 Å². The van der Waals surface area contributed by atoms with Crippen LogP contribution in [0, 0.1) is 0 Å². The molecule has 5 nitrogen and oxygen atoms in total. The number of halogens is 1. The Morgan fingerprint density at radius 3 is 3.10 bits per heavy atom. The van der Waals surface area contributed by atoms with Crippen LogP contribution in [-0.4, -0.2) is 21.4 Å². The number of aromatic amines is 1. The quantitative estimate of drug-likeness (QED) is 0.880. The normalized spacial score (nSPS) is 15.1. The Balaban J connectivity index is 1.81. The molecular weight excluding hydrogens is 276 g/mol. The van der Waals surface area contributed by atoms with Gasteiger partial charge in [-0.25, -0.2) is 4.98 Å². The summed E-state index contributed by atoms with van der Waals surface area (Å²) in [5.41, 5.74) is 8.10. The van der Waals surface area contributed by atoms with Crippen LogP contribution in [0.3, 0.4) is 0 Å². The molecule has 20 heavy (non-hydrogen) atoms. The molecule has 0 spiro atoms. The molecule has 0 saturated carbocycles. The molecule has 0 bridgehead atoms. The molecule has 2 heterocycles. The molecule has 1 aromatic heterocycles. The summed E-state index contributed by atoms with van der Waals surface area (Å²) in [5.74, 6) is 0.192. The maximum absolute atomic E-state index is 11.9. The predicted molar refractivity (Wildman–Crippen MR) is 78.5 cm³/mol. The Morgan fingerprint density at radius 2 is 2.30 bits per heavy atom. The number of hydrogen-bond acceptors (Lipinski definition) is 4. The number of hydrogen-bond donors (Lipinski definition) is 2. The van der Waals surface area contributed by atoms with E-state index in [1.54, 1.807) is 0 Å². The Hall–Kier alpha value is -1.85. The average molecular weight is 291 g/mol. The van der Waals surface area contributed by atoms with Gasteiger partial charge in [-0.3, -0.25) is 14.7 Å². The second-order valence-electron chi connectivity index (χ2n) is 4.97. The van der Waals surface area contributed by atoms with E-state index in [0.29, 0.717) is 12.1 Å². The molecule has 0 atom stereocenters. The first kappa shape index (κ1) is 13.1. The SMILES string of the molecule is Nc1nc2c(c(=O)[nH]1)CN(Cc1cccc(Cl)c1)CC2. The van der Waals surface area contributed by atoms with Crippen molar-refractivity contribution in [2.45, 2.75) is 19.5 Å². The van der Waals surface area contributed by atoms with Crippen molar-refractivity contribution in [3.8, 4) is 0 Å². The molecule has 0 aliphatic carbocycles. The van der Waals surface area contributed by atoms with Gasteiger partial charge in [-0.15, -0.1) is 0 Å². The van der Waals surface area contributed by atoms with Gasteiger partial charge >= 0.3 is 0 Å². The molecule has 104 valence electrons. The van der Waals surface area contributed by atoms with Crippen molar-refractivity contribution in [2.24, 2.45) is 0 Å². The third kappa shape index (κ3) is 2.69. The fourth-order valence-corrected chi connectivity index (χ4v) is 2.74. The first-order valence-corrected chi connectivity index (χ1v) is 6.84. The van der Waals surface area contributed by atoms with Crippen LogP contribution in [0.2, 0.25) is 5.02 Å². The van der Waals surface area contributed by atoms with Gasteiger partial charge in [0.2, 0.25) is 5.95 Å². The fourth-order valence-electron chi connectivity index (χ4n) is 2.53. The van der Waals surface area contributed by atoms with E-state index in [2.05, 4.69) is 14.9 Å². The van der Waals surface area contributed by atoms with E-state index in [9.17, 15) is 4.79 Å². The number of rotatable bonds is 2. The van der Waals surface area contributed by atoms with E-state index in [0.717, 1.165) is 35.8 Å². The highest BCUT2D eigenvalue weighted by Crippen LogP contribution is 2.18. The van der Waals surface area contributed by atoms with Crippen LogP contribution in [0.15, 0.2) is 29.1 Å².